The van der Waals surface area contributed by atoms with Crippen LogP contribution in [-0.2, 0) is 31.7 Å². The molecular formula is C38H34Cl2Zr. The fourth-order valence-electron chi connectivity index (χ4n) is 5.50. The van der Waals surface area contributed by atoms with Gasteiger partial charge in [-0.3, -0.25) is 0 Å². The Morgan fingerprint density at radius 2 is 0.585 bits per heavy atom. The van der Waals surface area contributed by atoms with Crippen LogP contribution in [0, 0.1) is 0 Å². The molecule has 0 aliphatic rings. The van der Waals surface area contributed by atoms with Gasteiger partial charge in [0.05, 0.1) is 0 Å². The molecule has 0 aromatic heterocycles. The van der Waals surface area contributed by atoms with Gasteiger partial charge in [-0.15, -0.1) is 11.1 Å². The molecule has 0 radical (unpaired) electrons. The van der Waals surface area contributed by atoms with Crippen molar-refractivity contribution >= 4 is 17.0 Å². The van der Waals surface area contributed by atoms with E-state index in [0.29, 0.717) is 0 Å². The molecule has 6 rings (SSSR count). The van der Waals surface area contributed by atoms with E-state index in [2.05, 4.69) is 184 Å². The van der Waals surface area contributed by atoms with E-state index in [0.717, 1.165) is 0 Å². The standard InChI is InChI=1S/2C19H17.2ClH.Zr/c2*1-19(18-14-8-9-15-18,16-10-4-2-5-11-16)17-12-6-3-7-13-17;;;/h2*2-15H,1H3;2*1H;/q2*-1;;;+4/p-2. The zero-order valence-electron chi connectivity index (χ0n) is 23.4. The van der Waals surface area contributed by atoms with Crippen molar-refractivity contribution in [1.29, 1.82) is 0 Å². The SMILES string of the molecule is CC(c1ccccc1)(c1ccccc1)[c-]1cccc1.CC(c1ccccc1)(c1ccccc1)[c-]1cccc1.[Cl][Zr+2][Cl]. The van der Waals surface area contributed by atoms with Crippen LogP contribution in [0.4, 0.5) is 0 Å². The first-order valence-electron chi connectivity index (χ1n) is 13.7. The molecule has 0 N–H and O–H groups in total. The summed E-state index contributed by atoms with van der Waals surface area (Å²) in [7, 11) is 9.87. The monoisotopic (exact) mass is 650 g/mol. The molecule has 0 nitrogen and oxygen atoms in total. The van der Waals surface area contributed by atoms with Gasteiger partial charge in [-0.05, 0) is 33.1 Å². The van der Waals surface area contributed by atoms with Crippen LogP contribution < -0.4 is 0 Å². The summed E-state index contributed by atoms with van der Waals surface area (Å²) in [6, 6.07) is 60.1. The summed E-state index contributed by atoms with van der Waals surface area (Å²) in [5.41, 5.74) is 7.80. The number of hydrogen-bond acceptors (Lipinski definition) is 0. The maximum atomic E-state index is 4.93. The summed E-state index contributed by atoms with van der Waals surface area (Å²) in [6.07, 6.45) is 0. The maximum absolute atomic E-state index is 4.93. The fraction of sp³-hybridized carbons (Fsp3) is 0.105. The van der Waals surface area contributed by atoms with E-state index < -0.39 is 20.8 Å². The van der Waals surface area contributed by atoms with E-state index in [1.165, 1.54) is 33.4 Å². The van der Waals surface area contributed by atoms with Gasteiger partial charge in [-0.25, -0.2) is 24.3 Å². The molecule has 0 saturated heterocycles. The minimum atomic E-state index is -0.826. The first kappa shape index (κ1) is 31.0. The van der Waals surface area contributed by atoms with E-state index in [4.69, 9.17) is 17.0 Å². The zero-order valence-corrected chi connectivity index (χ0v) is 27.4. The third kappa shape index (κ3) is 7.28. The molecule has 0 heterocycles. The topological polar surface area (TPSA) is 0 Å². The third-order valence-corrected chi connectivity index (χ3v) is 7.88. The Morgan fingerprint density at radius 3 is 0.780 bits per heavy atom. The average molecular weight is 653 g/mol. The van der Waals surface area contributed by atoms with Gasteiger partial charge < -0.3 is 0 Å². The van der Waals surface area contributed by atoms with Gasteiger partial charge in [0.1, 0.15) is 0 Å². The van der Waals surface area contributed by atoms with Crippen molar-refractivity contribution in [2.45, 2.75) is 24.7 Å². The summed E-state index contributed by atoms with van der Waals surface area (Å²) < 4.78 is 0. The van der Waals surface area contributed by atoms with Crippen molar-refractivity contribution in [1.82, 2.24) is 0 Å². The molecular weight excluding hydrogens is 619 g/mol. The number of hydrogen-bond donors (Lipinski definition) is 0. The van der Waals surface area contributed by atoms with Gasteiger partial charge in [0.15, 0.2) is 0 Å². The number of halogens is 2. The molecule has 6 aromatic carbocycles. The first-order chi connectivity index (χ1) is 20.0. The van der Waals surface area contributed by atoms with Crippen molar-refractivity contribution in [3.8, 4) is 0 Å². The van der Waals surface area contributed by atoms with Crippen molar-refractivity contribution in [3.05, 3.63) is 203 Å². The predicted molar refractivity (Wildman–Crippen MR) is 173 cm³/mol. The zero-order chi connectivity index (χ0) is 29.0. The molecule has 0 saturated carbocycles. The van der Waals surface area contributed by atoms with Gasteiger partial charge in [-0.1, -0.05) is 135 Å². The van der Waals surface area contributed by atoms with Crippen LogP contribution in [0.15, 0.2) is 170 Å². The number of benzene rings is 4. The van der Waals surface area contributed by atoms with E-state index in [1.807, 2.05) is 0 Å². The molecule has 0 bridgehead atoms. The second-order valence-corrected chi connectivity index (χ2v) is 13.9. The Balaban J connectivity index is 0.000000173. The van der Waals surface area contributed by atoms with Gasteiger partial charge in [0.25, 0.3) is 0 Å². The summed E-state index contributed by atoms with van der Waals surface area (Å²) >= 11 is -0.826. The fourth-order valence-corrected chi connectivity index (χ4v) is 5.50. The van der Waals surface area contributed by atoms with Crippen LogP contribution >= 0.6 is 17.0 Å². The van der Waals surface area contributed by atoms with Crippen LogP contribution in [0.2, 0.25) is 0 Å². The summed E-state index contributed by atoms with van der Waals surface area (Å²) in [5, 5.41) is 0. The Bertz CT molecular complexity index is 1310. The molecule has 3 heteroatoms. The second kappa shape index (κ2) is 15.3. The molecule has 0 aliphatic heterocycles. The van der Waals surface area contributed by atoms with Gasteiger partial charge in [0, 0.05) is 0 Å². The predicted octanol–water partition coefficient (Wildman–Crippen LogP) is 10.9. The van der Waals surface area contributed by atoms with Crippen LogP contribution in [0.25, 0.3) is 0 Å². The Hall–Kier alpha value is -2.96. The van der Waals surface area contributed by atoms with E-state index in [9.17, 15) is 0 Å². The quantitative estimate of drug-likeness (QED) is 0.157. The van der Waals surface area contributed by atoms with Gasteiger partial charge >= 0.3 is 37.9 Å². The first-order valence-corrected chi connectivity index (χ1v) is 20.0. The molecule has 0 aliphatic carbocycles. The Labute approximate surface area is 264 Å². The molecule has 41 heavy (non-hydrogen) atoms. The molecule has 0 spiro atoms. The molecule has 0 fully saturated rings. The summed E-state index contributed by atoms with van der Waals surface area (Å²) in [5.74, 6) is 0. The molecule has 0 atom stereocenters. The molecule has 6 aromatic rings. The van der Waals surface area contributed by atoms with E-state index in [-0.39, 0.29) is 10.8 Å². The van der Waals surface area contributed by atoms with Crippen LogP contribution in [0.5, 0.6) is 0 Å². The van der Waals surface area contributed by atoms with Crippen molar-refractivity contribution in [3.63, 3.8) is 0 Å². The third-order valence-electron chi connectivity index (χ3n) is 7.88. The van der Waals surface area contributed by atoms with Gasteiger partial charge in [-0.2, -0.15) is 24.3 Å². The summed E-state index contributed by atoms with van der Waals surface area (Å²) in [6.45, 7) is 4.60. The van der Waals surface area contributed by atoms with Crippen molar-refractivity contribution < 1.29 is 20.8 Å². The molecule has 204 valence electrons. The molecule has 0 amide bonds. The minimum absolute atomic E-state index is 0.0913. The Kier molecular flexibility index (Phi) is 11.6. The average Bonchev–Trinajstić information content (AvgIpc) is 3.79. The van der Waals surface area contributed by atoms with Crippen LogP contribution in [0.3, 0.4) is 0 Å². The Morgan fingerprint density at radius 1 is 0.390 bits per heavy atom. The number of rotatable bonds is 6. The van der Waals surface area contributed by atoms with Gasteiger partial charge in [0.2, 0.25) is 0 Å². The summed E-state index contributed by atoms with van der Waals surface area (Å²) in [4.78, 5) is 0. The second-order valence-electron chi connectivity index (χ2n) is 10.1. The normalized spacial score (nSPS) is 10.8. The molecule has 0 unspecified atom stereocenters. The van der Waals surface area contributed by atoms with E-state index in [1.54, 1.807) is 0 Å². The van der Waals surface area contributed by atoms with Crippen molar-refractivity contribution in [2.75, 3.05) is 0 Å². The van der Waals surface area contributed by atoms with Crippen LogP contribution in [-0.4, -0.2) is 0 Å². The van der Waals surface area contributed by atoms with Crippen molar-refractivity contribution in [2.24, 2.45) is 0 Å². The van der Waals surface area contributed by atoms with E-state index >= 15 is 0 Å². The van der Waals surface area contributed by atoms with Crippen LogP contribution in [0.1, 0.15) is 47.2 Å².